The van der Waals surface area contributed by atoms with Crippen molar-refractivity contribution in [2.75, 3.05) is 27.7 Å². The molecule has 2 rings (SSSR count). The Morgan fingerprint density at radius 3 is 2.72 bits per heavy atom. The third kappa shape index (κ3) is 2.92. The molecule has 0 aliphatic heterocycles. The second-order valence-electron chi connectivity index (χ2n) is 5.05. The molecule has 3 nitrogen and oxygen atoms in total. The van der Waals surface area contributed by atoms with Gasteiger partial charge in [0.05, 0.1) is 0 Å². The molecule has 0 bridgehead atoms. The van der Waals surface area contributed by atoms with E-state index in [9.17, 15) is 0 Å². The summed E-state index contributed by atoms with van der Waals surface area (Å²) in [7, 11) is 6.25. The summed E-state index contributed by atoms with van der Waals surface area (Å²) in [6.45, 7) is 3.15. The number of nitrogens with zero attached hydrogens (tertiary/aromatic N) is 2. The molecule has 0 unspecified atom stereocenters. The summed E-state index contributed by atoms with van der Waals surface area (Å²) < 4.78 is 2.38. The predicted octanol–water partition coefficient (Wildman–Crippen LogP) is 2.31. The van der Waals surface area contributed by atoms with Crippen molar-refractivity contribution in [1.82, 2.24) is 14.8 Å². The van der Waals surface area contributed by atoms with Gasteiger partial charge in [0.1, 0.15) is 0 Å². The number of fused-ring (bicyclic) bond motifs is 1. The summed E-state index contributed by atoms with van der Waals surface area (Å²) in [5.74, 6) is 0. The van der Waals surface area contributed by atoms with Crippen LogP contribution in [0.15, 0.2) is 30.5 Å². The summed E-state index contributed by atoms with van der Waals surface area (Å²) in [6, 6.07) is 8.66. The van der Waals surface area contributed by atoms with Gasteiger partial charge in [0.2, 0.25) is 0 Å². The minimum absolute atomic E-state index is 0.932. The molecular weight excluding hydrogens is 222 g/mol. The fourth-order valence-electron chi connectivity index (χ4n) is 2.40. The Morgan fingerprint density at radius 2 is 2.00 bits per heavy atom. The highest BCUT2D eigenvalue weighted by Gasteiger charge is 2.06. The van der Waals surface area contributed by atoms with Gasteiger partial charge >= 0.3 is 0 Å². The van der Waals surface area contributed by atoms with E-state index in [0.29, 0.717) is 0 Å². The van der Waals surface area contributed by atoms with Crippen LogP contribution < -0.4 is 5.32 Å². The average Bonchev–Trinajstić information content (AvgIpc) is 2.69. The second kappa shape index (κ2) is 6.03. The normalized spacial score (nSPS) is 11.6. The Bertz CT molecular complexity index is 499. The molecule has 1 aromatic carbocycles. The number of nitrogens with one attached hydrogen (secondary N) is 1. The molecule has 98 valence electrons. The first-order valence-corrected chi connectivity index (χ1v) is 6.58. The Balaban J connectivity index is 2.21. The summed E-state index contributed by atoms with van der Waals surface area (Å²) in [4.78, 5) is 2.24. The van der Waals surface area contributed by atoms with E-state index in [4.69, 9.17) is 0 Å². The van der Waals surface area contributed by atoms with Crippen LogP contribution in [0.25, 0.3) is 10.9 Å². The highest BCUT2D eigenvalue weighted by molar-refractivity contribution is 5.83. The quantitative estimate of drug-likeness (QED) is 0.843. The van der Waals surface area contributed by atoms with E-state index >= 15 is 0 Å². The number of hydrogen-bond donors (Lipinski definition) is 1. The number of para-hydroxylation sites is 1. The third-order valence-electron chi connectivity index (χ3n) is 3.24. The topological polar surface area (TPSA) is 20.2 Å². The fourth-order valence-corrected chi connectivity index (χ4v) is 2.40. The van der Waals surface area contributed by atoms with Gasteiger partial charge in [-0.3, -0.25) is 0 Å². The van der Waals surface area contributed by atoms with Gasteiger partial charge in [-0.2, -0.15) is 0 Å². The van der Waals surface area contributed by atoms with E-state index in [1.165, 1.54) is 22.9 Å². The molecule has 2 aromatic rings. The van der Waals surface area contributed by atoms with Gasteiger partial charge in [-0.1, -0.05) is 18.2 Å². The summed E-state index contributed by atoms with van der Waals surface area (Å²) in [6.07, 6.45) is 3.47. The molecule has 0 amide bonds. The maximum atomic E-state index is 3.24. The molecule has 1 aromatic heterocycles. The SMILES string of the molecule is CNCc1cn(CCCN(C)C)c2ccccc12. The lowest BCUT2D eigenvalue weighted by atomic mass is 10.2. The molecule has 0 fully saturated rings. The van der Waals surface area contributed by atoms with Crippen molar-refractivity contribution in [2.45, 2.75) is 19.5 Å². The highest BCUT2D eigenvalue weighted by Crippen LogP contribution is 2.21. The first-order valence-electron chi connectivity index (χ1n) is 6.58. The van der Waals surface area contributed by atoms with Gasteiger partial charge in [-0.05, 0) is 45.7 Å². The first-order chi connectivity index (χ1) is 8.72. The van der Waals surface area contributed by atoms with Gasteiger partial charge in [-0.25, -0.2) is 0 Å². The van der Waals surface area contributed by atoms with Crippen molar-refractivity contribution in [3.8, 4) is 0 Å². The number of aryl methyl sites for hydroxylation is 1. The molecular formula is C15H23N3. The van der Waals surface area contributed by atoms with E-state index in [-0.39, 0.29) is 0 Å². The van der Waals surface area contributed by atoms with E-state index in [1.54, 1.807) is 0 Å². The van der Waals surface area contributed by atoms with Gasteiger partial charge in [0.15, 0.2) is 0 Å². The van der Waals surface area contributed by atoms with Crippen molar-refractivity contribution in [1.29, 1.82) is 0 Å². The van der Waals surface area contributed by atoms with Crippen molar-refractivity contribution in [2.24, 2.45) is 0 Å². The minimum Gasteiger partial charge on any atom is -0.347 e. The van der Waals surface area contributed by atoms with Crippen LogP contribution in [0.2, 0.25) is 0 Å². The molecule has 0 saturated carbocycles. The number of rotatable bonds is 6. The Hall–Kier alpha value is -1.32. The first kappa shape index (κ1) is 13.1. The van der Waals surface area contributed by atoms with Gasteiger partial charge in [-0.15, -0.1) is 0 Å². The largest absolute Gasteiger partial charge is 0.347 e. The van der Waals surface area contributed by atoms with Crippen molar-refractivity contribution in [3.05, 3.63) is 36.0 Å². The second-order valence-corrected chi connectivity index (χ2v) is 5.05. The predicted molar refractivity (Wildman–Crippen MR) is 77.9 cm³/mol. The van der Waals surface area contributed by atoms with Crippen molar-refractivity contribution >= 4 is 10.9 Å². The van der Waals surface area contributed by atoms with Gasteiger partial charge in [0.25, 0.3) is 0 Å². The van der Waals surface area contributed by atoms with Crippen LogP contribution in [0.4, 0.5) is 0 Å². The number of hydrogen-bond acceptors (Lipinski definition) is 2. The lowest BCUT2D eigenvalue weighted by Gasteiger charge is -2.10. The molecule has 0 saturated heterocycles. The Labute approximate surface area is 109 Å². The molecule has 0 radical (unpaired) electrons. The summed E-state index contributed by atoms with van der Waals surface area (Å²) >= 11 is 0. The van der Waals surface area contributed by atoms with Crippen LogP contribution in [-0.2, 0) is 13.1 Å². The molecule has 1 N–H and O–H groups in total. The zero-order valence-corrected chi connectivity index (χ0v) is 11.6. The van der Waals surface area contributed by atoms with E-state index in [2.05, 4.69) is 59.3 Å². The molecule has 0 aliphatic carbocycles. The fraction of sp³-hybridized carbons (Fsp3) is 0.467. The van der Waals surface area contributed by atoms with Crippen LogP contribution in [0.3, 0.4) is 0 Å². The zero-order chi connectivity index (χ0) is 13.0. The third-order valence-corrected chi connectivity index (χ3v) is 3.24. The molecule has 3 heteroatoms. The molecule has 18 heavy (non-hydrogen) atoms. The van der Waals surface area contributed by atoms with Crippen LogP contribution >= 0.6 is 0 Å². The summed E-state index contributed by atoms with van der Waals surface area (Å²) in [5.41, 5.74) is 2.74. The lowest BCUT2D eigenvalue weighted by Crippen LogP contribution is -2.14. The lowest BCUT2D eigenvalue weighted by molar-refractivity contribution is 0.388. The summed E-state index contributed by atoms with van der Waals surface area (Å²) in [5, 5.41) is 4.61. The Morgan fingerprint density at radius 1 is 1.22 bits per heavy atom. The Kier molecular flexibility index (Phi) is 4.39. The molecule has 0 atom stereocenters. The van der Waals surface area contributed by atoms with Crippen molar-refractivity contribution < 1.29 is 0 Å². The maximum absolute atomic E-state index is 3.24. The van der Waals surface area contributed by atoms with Crippen LogP contribution in [-0.4, -0.2) is 37.2 Å². The number of aromatic nitrogens is 1. The number of benzene rings is 1. The smallest absolute Gasteiger partial charge is 0.0483 e. The standard InChI is InChI=1S/C15H23N3/c1-16-11-13-12-18(10-6-9-17(2)3)15-8-5-4-7-14(13)15/h4-5,7-8,12,16H,6,9-11H2,1-3H3. The van der Waals surface area contributed by atoms with Gasteiger partial charge in [0, 0.05) is 30.2 Å². The molecule has 1 heterocycles. The minimum atomic E-state index is 0.932. The van der Waals surface area contributed by atoms with Crippen LogP contribution in [0.1, 0.15) is 12.0 Å². The highest BCUT2D eigenvalue weighted by atomic mass is 15.1. The van der Waals surface area contributed by atoms with Crippen molar-refractivity contribution in [3.63, 3.8) is 0 Å². The van der Waals surface area contributed by atoms with Crippen LogP contribution in [0, 0.1) is 0 Å². The molecule has 0 spiro atoms. The van der Waals surface area contributed by atoms with Crippen LogP contribution in [0.5, 0.6) is 0 Å². The maximum Gasteiger partial charge on any atom is 0.0483 e. The van der Waals surface area contributed by atoms with E-state index in [0.717, 1.165) is 19.6 Å². The van der Waals surface area contributed by atoms with Gasteiger partial charge < -0.3 is 14.8 Å². The molecule has 0 aliphatic rings. The van der Waals surface area contributed by atoms with E-state index < -0.39 is 0 Å². The average molecular weight is 245 g/mol. The zero-order valence-electron chi connectivity index (χ0n) is 11.6. The monoisotopic (exact) mass is 245 g/mol. The van der Waals surface area contributed by atoms with E-state index in [1.807, 2.05) is 7.05 Å².